The summed E-state index contributed by atoms with van der Waals surface area (Å²) in [5.74, 6) is 0.654. The summed E-state index contributed by atoms with van der Waals surface area (Å²) in [5.41, 5.74) is 3.24. The van der Waals surface area contributed by atoms with Gasteiger partial charge in [-0.05, 0) is 29.5 Å². The van der Waals surface area contributed by atoms with Crippen molar-refractivity contribution in [3.8, 4) is 0 Å². The molecule has 18 heavy (non-hydrogen) atoms. The van der Waals surface area contributed by atoms with E-state index in [9.17, 15) is 4.79 Å². The monoisotopic (exact) mass is 309 g/mol. The maximum atomic E-state index is 11.3. The van der Waals surface area contributed by atoms with Crippen LogP contribution in [0.4, 0.5) is 5.69 Å². The van der Waals surface area contributed by atoms with Crippen LogP contribution in [0.5, 0.6) is 0 Å². The molecule has 2 aliphatic rings. The van der Waals surface area contributed by atoms with E-state index in [1.807, 2.05) is 6.07 Å². The first-order chi connectivity index (χ1) is 8.65. The number of rotatable bonds is 2. The van der Waals surface area contributed by atoms with E-state index in [4.69, 9.17) is 4.74 Å². The lowest BCUT2D eigenvalue weighted by Crippen LogP contribution is -2.19. The average molecular weight is 310 g/mol. The number of carbonyl (C=O) groups excluding carboxylic acids is 1. The molecule has 3 nitrogen and oxygen atoms in total. The van der Waals surface area contributed by atoms with E-state index >= 15 is 0 Å². The number of hydrogen-bond donors (Lipinski definition) is 1. The molecule has 0 aromatic heterocycles. The molecule has 1 N–H and O–H groups in total. The number of alkyl halides is 1. The van der Waals surface area contributed by atoms with Gasteiger partial charge in [0.15, 0.2) is 0 Å². The zero-order valence-electron chi connectivity index (χ0n) is 10.3. The van der Waals surface area contributed by atoms with Crippen LogP contribution in [-0.2, 0) is 16.0 Å². The summed E-state index contributed by atoms with van der Waals surface area (Å²) in [5, 5.41) is 2.86. The fraction of sp³-hybridized carbons (Fsp3) is 0.500. The number of halogens is 1. The van der Waals surface area contributed by atoms with Gasteiger partial charge in [-0.25, -0.2) is 0 Å². The lowest BCUT2D eigenvalue weighted by molar-refractivity contribution is -0.115. The summed E-state index contributed by atoms with van der Waals surface area (Å²) in [6.07, 6.45) is 1.84. The second-order valence-corrected chi connectivity index (χ2v) is 6.13. The van der Waals surface area contributed by atoms with Crippen molar-refractivity contribution in [1.82, 2.24) is 0 Å². The highest BCUT2D eigenvalue weighted by molar-refractivity contribution is 9.09. The van der Waals surface area contributed by atoms with Crippen molar-refractivity contribution in [3.63, 3.8) is 0 Å². The first-order valence-corrected chi connectivity index (χ1v) is 7.25. The Morgan fingerprint density at radius 3 is 3.06 bits per heavy atom. The molecule has 1 aromatic carbocycles. The Morgan fingerprint density at radius 2 is 2.33 bits per heavy atom. The molecule has 1 amide bonds. The van der Waals surface area contributed by atoms with E-state index in [0.29, 0.717) is 12.3 Å². The predicted molar refractivity (Wildman–Crippen MR) is 74.0 cm³/mol. The predicted octanol–water partition coefficient (Wildman–Crippen LogP) is 3.04. The van der Waals surface area contributed by atoms with Gasteiger partial charge in [-0.1, -0.05) is 35.0 Å². The van der Waals surface area contributed by atoms with Crippen LogP contribution in [0.1, 0.15) is 29.3 Å². The molecule has 3 atom stereocenters. The number of carbonyl (C=O) groups is 1. The minimum atomic E-state index is 0.0822. The zero-order valence-corrected chi connectivity index (χ0v) is 11.9. The van der Waals surface area contributed by atoms with E-state index in [-0.39, 0.29) is 16.8 Å². The number of anilines is 1. The molecule has 1 saturated heterocycles. The highest BCUT2D eigenvalue weighted by Gasteiger charge is 2.32. The third-order valence-electron chi connectivity index (χ3n) is 3.81. The molecular weight excluding hydrogens is 294 g/mol. The highest BCUT2D eigenvalue weighted by Crippen LogP contribution is 2.38. The maximum Gasteiger partial charge on any atom is 0.228 e. The van der Waals surface area contributed by atoms with Crippen molar-refractivity contribution in [2.24, 2.45) is 5.92 Å². The Kier molecular flexibility index (Phi) is 3.16. The summed E-state index contributed by atoms with van der Waals surface area (Å²) < 4.78 is 5.79. The van der Waals surface area contributed by atoms with Gasteiger partial charge in [0.2, 0.25) is 5.91 Å². The Labute approximate surface area is 115 Å². The smallest absolute Gasteiger partial charge is 0.228 e. The van der Waals surface area contributed by atoms with Gasteiger partial charge in [-0.2, -0.15) is 0 Å². The van der Waals surface area contributed by atoms with Gasteiger partial charge in [0.05, 0.1) is 17.4 Å². The minimum Gasteiger partial charge on any atom is -0.376 e. The van der Waals surface area contributed by atoms with Crippen LogP contribution in [0.2, 0.25) is 0 Å². The van der Waals surface area contributed by atoms with Crippen LogP contribution in [0.25, 0.3) is 0 Å². The van der Waals surface area contributed by atoms with Gasteiger partial charge in [-0.3, -0.25) is 4.79 Å². The molecule has 0 radical (unpaired) electrons. The molecule has 4 heteroatoms. The van der Waals surface area contributed by atoms with Crippen LogP contribution in [0.3, 0.4) is 0 Å². The van der Waals surface area contributed by atoms with Crippen LogP contribution >= 0.6 is 15.9 Å². The van der Waals surface area contributed by atoms with Gasteiger partial charge in [-0.15, -0.1) is 0 Å². The topological polar surface area (TPSA) is 38.3 Å². The van der Waals surface area contributed by atoms with Gasteiger partial charge in [0.25, 0.3) is 0 Å². The summed E-state index contributed by atoms with van der Waals surface area (Å²) in [6.45, 7) is 3.07. The van der Waals surface area contributed by atoms with Gasteiger partial charge in [0.1, 0.15) is 0 Å². The molecule has 2 aliphatic heterocycles. The van der Waals surface area contributed by atoms with Crippen molar-refractivity contribution < 1.29 is 9.53 Å². The SMILES string of the molecule is CC1CCOC1C(Br)c1ccc2c(c1)CC(=O)N2. The molecule has 0 spiro atoms. The number of ether oxygens (including phenoxy) is 1. The lowest BCUT2D eigenvalue weighted by Gasteiger charge is -2.21. The molecular formula is C14H16BrNO2. The summed E-state index contributed by atoms with van der Waals surface area (Å²) >= 11 is 3.75. The molecule has 0 bridgehead atoms. The van der Waals surface area contributed by atoms with E-state index in [1.165, 1.54) is 5.56 Å². The molecule has 3 unspecified atom stereocenters. The Bertz CT molecular complexity index is 489. The fourth-order valence-corrected chi connectivity index (χ4v) is 3.66. The molecule has 96 valence electrons. The fourth-order valence-electron chi connectivity index (χ4n) is 2.70. The third-order valence-corrected chi connectivity index (χ3v) is 4.86. The first-order valence-electron chi connectivity index (χ1n) is 6.33. The quantitative estimate of drug-likeness (QED) is 0.853. The molecule has 0 saturated carbocycles. The summed E-state index contributed by atoms with van der Waals surface area (Å²) in [7, 11) is 0. The lowest BCUT2D eigenvalue weighted by atomic mass is 9.96. The molecule has 2 heterocycles. The standard InChI is InChI=1S/C14H16BrNO2/c1-8-4-5-18-14(8)13(15)9-2-3-11-10(6-9)7-12(17)16-11/h2-3,6,8,13-14H,4-5,7H2,1H3,(H,16,17). The summed E-state index contributed by atoms with van der Waals surface area (Å²) in [6, 6.07) is 6.17. The van der Waals surface area contributed by atoms with Crippen molar-refractivity contribution in [3.05, 3.63) is 29.3 Å². The second-order valence-electron chi connectivity index (χ2n) is 5.14. The highest BCUT2D eigenvalue weighted by atomic mass is 79.9. The Morgan fingerprint density at radius 1 is 1.50 bits per heavy atom. The Balaban J connectivity index is 1.85. The van der Waals surface area contributed by atoms with Crippen molar-refractivity contribution in [1.29, 1.82) is 0 Å². The van der Waals surface area contributed by atoms with Crippen molar-refractivity contribution in [2.45, 2.75) is 30.7 Å². The third kappa shape index (κ3) is 2.08. The molecule has 1 fully saturated rings. The van der Waals surface area contributed by atoms with E-state index in [2.05, 4.69) is 40.3 Å². The van der Waals surface area contributed by atoms with E-state index < -0.39 is 0 Å². The van der Waals surface area contributed by atoms with Crippen LogP contribution in [-0.4, -0.2) is 18.6 Å². The second kappa shape index (κ2) is 4.67. The van der Waals surface area contributed by atoms with Gasteiger partial charge >= 0.3 is 0 Å². The maximum absolute atomic E-state index is 11.3. The van der Waals surface area contributed by atoms with Crippen LogP contribution < -0.4 is 5.32 Å². The molecule has 1 aromatic rings. The average Bonchev–Trinajstić information content (AvgIpc) is 2.91. The van der Waals surface area contributed by atoms with E-state index in [1.54, 1.807) is 0 Å². The van der Waals surface area contributed by atoms with Crippen LogP contribution in [0.15, 0.2) is 18.2 Å². The van der Waals surface area contributed by atoms with Crippen molar-refractivity contribution >= 4 is 27.5 Å². The number of fused-ring (bicyclic) bond motifs is 1. The largest absolute Gasteiger partial charge is 0.376 e. The molecule has 0 aliphatic carbocycles. The first kappa shape index (κ1) is 12.2. The number of amides is 1. The number of nitrogens with one attached hydrogen (secondary N) is 1. The zero-order chi connectivity index (χ0) is 12.7. The van der Waals surface area contributed by atoms with Gasteiger partial charge in [0, 0.05) is 12.3 Å². The minimum absolute atomic E-state index is 0.0822. The molecule has 3 rings (SSSR count). The number of benzene rings is 1. The van der Waals surface area contributed by atoms with Crippen LogP contribution in [0, 0.1) is 5.92 Å². The normalized spacial score (nSPS) is 28.0. The Hall–Kier alpha value is -0.870. The number of hydrogen-bond acceptors (Lipinski definition) is 2. The van der Waals surface area contributed by atoms with Gasteiger partial charge < -0.3 is 10.1 Å². The van der Waals surface area contributed by atoms with Crippen molar-refractivity contribution in [2.75, 3.05) is 11.9 Å². The van der Waals surface area contributed by atoms with E-state index in [0.717, 1.165) is 24.3 Å². The summed E-state index contributed by atoms with van der Waals surface area (Å²) in [4.78, 5) is 11.5.